The number of nitrogens with zero attached hydrogens (tertiary/aromatic N) is 3. The lowest BCUT2D eigenvalue weighted by molar-refractivity contribution is 0.0636. The minimum atomic E-state index is 0.110. The maximum Gasteiger partial charge on any atom is 0.254 e. The Labute approximate surface area is 149 Å². The first kappa shape index (κ1) is 17.4. The van der Waals surface area contributed by atoms with Gasteiger partial charge in [-0.3, -0.25) is 14.7 Å². The van der Waals surface area contributed by atoms with Gasteiger partial charge in [-0.15, -0.1) is 0 Å². The molecule has 2 heterocycles. The van der Waals surface area contributed by atoms with Gasteiger partial charge in [-0.2, -0.15) is 0 Å². The third-order valence-corrected chi connectivity index (χ3v) is 4.66. The summed E-state index contributed by atoms with van der Waals surface area (Å²) < 4.78 is 5.27. The molecule has 2 aromatic rings. The van der Waals surface area contributed by atoms with Crippen LogP contribution in [0.2, 0.25) is 0 Å². The average molecular weight is 339 g/mol. The van der Waals surface area contributed by atoms with E-state index >= 15 is 0 Å². The van der Waals surface area contributed by atoms with Crippen LogP contribution in [0, 0.1) is 0 Å². The molecule has 0 N–H and O–H groups in total. The van der Waals surface area contributed by atoms with Crippen molar-refractivity contribution in [1.82, 2.24) is 14.8 Å². The summed E-state index contributed by atoms with van der Waals surface area (Å²) >= 11 is 0. The molecule has 3 rings (SSSR count). The summed E-state index contributed by atoms with van der Waals surface area (Å²) in [5.74, 6) is 1.03. The van der Waals surface area contributed by atoms with E-state index in [1.165, 1.54) is 5.56 Å². The monoisotopic (exact) mass is 339 g/mol. The van der Waals surface area contributed by atoms with E-state index in [2.05, 4.69) is 22.0 Å². The van der Waals surface area contributed by atoms with E-state index in [-0.39, 0.29) is 5.91 Å². The van der Waals surface area contributed by atoms with Crippen molar-refractivity contribution in [2.45, 2.75) is 12.8 Å². The predicted molar refractivity (Wildman–Crippen MR) is 97.9 cm³/mol. The first-order chi connectivity index (χ1) is 12.3. The number of carbonyl (C=O) groups is 1. The van der Waals surface area contributed by atoms with Gasteiger partial charge in [-0.05, 0) is 49.2 Å². The van der Waals surface area contributed by atoms with Crippen molar-refractivity contribution in [2.75, 3.05) is 39.8 Å². The summed E-state index contributed by atoms with van der Waals surface area (Å²) in [5.41, 5.74) is 2.03. The van der Waals surface area contributed by atoms with Gasteiger partial charge in [0.25, 0.3) is 5.91 Å². The lowest BCUT2D eigenvalue weighted by Gasteiger charge is -2.34. The third kappa shape index (κ3) is 4.79. The molecule has 0 aliphatic carbocycles. The van der Waals surface area contributed by atoms with Gasteiger partial charge >= 0.3 is 0 Å². The van der Waals surface area contributed by atoms with Crippen LogP contribution in [0.5, 0.6) is 5.75 Å². The molecule has 5 nitrogen and oxygen atoms in total. The normalized spacial score (nSPS) is 15.2. The van der Waals surface area contributed by atoms with Crippen molar-refractivity contribution in [1.29, 1.82) is 0 Å². The topological polar surface area (TPSA) is 45.7 Å². The van der Waals surface area contributed by atoms with Crippen molar-refractivity contribution < 1.29 is 9.53 Å². The lowest BCUT2D eigenvalue weighted by atomic mass is 10.1. The number of aryl methyl sites for hydroxylation is 1. The second-order valence-corrected chi connectivity index (χ2v) is 6.32. The van der Waals surface area contributed by atoms with Crippen LogP contribution in [0.25, 0.3) is 0 Å². The van der Waals surface area contributed by atoms with Crippen molar-refractivity contribution in [3.63, 3.8) is 0 Å². The second kappa shape index (κ2) is 8.62. The Morgan fingerprint density at radius 1 is 1.12 bits per heavy atom. The molecule has 1 aromatic heterocycles. The third-order valence-electron chi connectivity index (χ3n) is 4.66. The van der Waals surface area contributed by atoms with Crippen molar-refractivity contribution in [3.05, 3.63) is 59.9 Å². The zero-order chi connectivity index (χ0) is 17.5. The zero-order valence-electron chi connectivity index (χ0n) is 14.7. The number of carbonyl (C=O) groups excluding carboxylic acids is 1. The summed E-state index contributed by atoms with van der Waals surface area (Å²) in [6, 6.07) is 11.8. The van der Waals surface area contributed by atoms with Gasteiger partial charge in [0.1, 0.15) is 5.75 Å². The Morgan fingerprint density at radius 2 is 1.88 bits per heavy atom. The molecule has 1 saturated heterocycles. The van der Waals surface area contributed by atoms with Crippen molar-refractivity contribution in [2.24, 2.45) is 0 Å². The maximum atomic E-state index is 12.4. The highest BCUT2D eigenvalue weighted by molar-refractivity contribution is 5.94. The van der Waals surface area contributed by atoms with Gasteiger partial charge in [0, 0.05) is 44.1 Å². The fraction of sp³-hybridized carbons (Fsp3) is 0.400. The van der Waals surface area contributed by atoms with E-state index in [0.717, 1.165) is 56.9 Å². The number of rotatable bonds is 6. The molecular formula is C20H25N3O2. The summed E-state index contributed by atoms with van der Waals surface area (Å²) in [6.07, 6.45) is 5.50. The van der Waals surface area contributed by atoms with Gasteiger partial charge in [0.15, 0.2) is 0 Å². The van der Waals surface area contributed by atoms with Crippen molar-refractivity contribution >= 4 is 5.91 Å². The molecule has 0 atom stereocenters. The molecule has 5 heteroatoms. The molecule has 0 bridgehead atoms. The highest BCUT2D eigenvalue weighted by Gasteiger charge is 2.21. The Balaban J connectivity index is 1.41. The second-order valence-electron chi connectivity index (χ2n) is 6.32. The molecule has 0 radical (unpaired) electrons. The molecule has 25 heavy (non-hydrogen) atoms. The molecular weight excluding hydrogens is 314 g/mol. The number of hydrogen-bond donors (Lipinski definition) is 0. The van der Waals surface area contributed by atoms with Crippen LogP contribution in [0.3, 0.4) is 0 Å². The van der Waals surface area contributed by atoms with E-state index in [1.807, 2.05) is 17.0 Å². The fourth-order valence-corrected chi connectivity index (χ4v) is 3.19. The van der Waals surface area contributed by atoms with E-state index in [4.69, 9.17) is 4.74 Å². The molecule has 1 aliphatic rings. The molecule has 1 fully saturated rings. The van der Waals surface area contributed by atoms with Crippen LogP contribution in [0.1, 0.15) is 22.3 Å². The average Bonchev–Trinajstić information content (AvgIpc) is 2.69. The first-order valence-electron chi connectivity index (χ1n) is 8.81. The summed E-state index contributed by atoms with van der Waals surface area (Å²) in [5, 5.41) is 0. The molecule has 1 amide bonds. The first-order valence-corrected chi connectivity index (χ1v) is 8.81. The molecule has 1 aliphatic heterocycles. The largest absolute Gasteiger partial charge is 0.497 e. The number of pyridine rings is 1. The maximum absolute atomic E-state index is 12.4. The predicted octanol–water partition coefficient (Wildman–Crippen LogP) is 2.48. The van der Waals surface area contributed by atoms with Gasteiger partial charge in [-0.25, -0.2) is 0 Å². The Hall–Kier alpha value is -2.40. The van der Waals surface area contributed by atoms with Crippen LogP contribution in [0.4, 0.5) is 0 Å². The van der Waals surface area contributed by atoms with Crippen LogP contribution in [-0.4, -0.2) is 60.5 Å². The Bertz CT molecular complexity index is 682. The number of amides is 1. The standard InChI is InChI=1S/C20H25N3O2/c1-25-19-6-2-4-17(16-19)5-3-11-22-12-14-23(15-13-22)20(24)18-7-9-21-10-8-18/h2,4,6-10,16H,3,5,11-15H2,1H3. The number of methoxy groups -OCH3 is 1. The highest BCUT2D eigenvalue weighted by Crippen LogP contribution is 2.14. The number of hydrogen-bond acceptors (Lipinski definition) is 4. The summed E-state index contributed by atoms with van der Waals surface area (Å²) in [4.78, 5) is 20.8. The molecule has 0 unspecified atom stereocenters. The van der Waals surface area contributed by atoms with Gasteiger partial charge in [0.05, 0.1) is 7.11 Å². The minimum Gasteiger partial charge on any atom is -0.497 e. The number of ether oxygens (including phenoxy) is 1. The lowest BCUT2D eigenvalue weighted by Crippen LogP contribution is -2.48. The minimum absolute atomic E-state index is 0.110. The van der Waals surface area contributed by atoms with Crippen LogP contribution >= 0.6 is 0 Å². The van der Waals surface area contributed by atoms with Crippen molar-refractivity contribution in [3.8, 4) is 5.75 Å². The van der Waals surface area contributed by atoms with Gasteiger partial charge < -0.3 is 9.64 Å². The molecule has 132 valence electrons. The molecule has 0 saturated carbocycles. The molecule has 0 spiro atoms. The van der Waals surface area contributed by atoms with Gasteiger partial charge in [0.2, 0.25) is 0 Å². The van der Waals surface area contributed by atoms with E-state index < -0.39 is 0 Å². The quantitative estimate of drug-likeness (QED) is 0.811. The summed E-state index contributed by atoms with van der Waals surface area (Å²) in [6.45, 7) is 4.53. The zero-order valence-corrected chi connectivity index (χ0v) is 14.7. The summed E-state index contributed by atoms with van der Waals surface area (Å²) in [7, 11) is 1.70. The van der Waals surface area contributed by atoms with Crippen LogP contribution in [0.15, 0.2) is 48.8 Å². The van der Waals surface area contributed by atoms with Crippen LogP contribution < -0.4 is 4.74 Å². The number of benzene rings is 1. The fourth-order valence-electron chi connectivity index (χ4n) is 3.19. The number of aromatic nitrogens is 1. The number of piperazine rings is 1. The highest BCUT2D eigenvalue weighted by atomic mass is 16.5. The Morgan fingerprint density at radius 3 is 2.60 bits per heavy atom. The van der Waals surface area contributed by atoms with E-state index in [0.29, 0.717) is 0 Å². The smallest absolute Gasteiger partial charge is 0.254 e. The van der Waals surface area contributed by atoms with E-state index in [1.54, 1.807) is 31.6 Å². The van der Waals surface area contributed by atoms with E-state index in [9.17, 15) is 4.79 Å². The Kier molecular flexibility index (Phi) is 6.01. The van der Waals surface area contributed by atoms with Crippen LogP contribution in [-0.2, 0) is 6.42 Å². The molecule has 1 aromatic carbocycles. The van der Waals surface area contributed by atoms with Gasteiger partial charge in [-0.1, -0.05) is 12.1 Å². The SMILES string of the molecule is COc1cccc(CCCN2CCN(C(=O)c3ccncc3)CC2)c1.